The Morgan fingerprint density at radius 2 is 1.69 bits per heavy atom. The first-order chi connectivity index (χ1) is 13.5. The Hall–Kier alpha value is -3.46. The van der Waals surface area contributed by atoms with Gasteiger partial charge in [-0.15, -0.1) is 0 Å². The van der Waals surface area contributed by atoms with E-state index in [1.807, 2.05) is 0 Å². The fourth-order valence-corrected chi connectivity index (χ4v) is 3.10. The summed E-state index contributed by atoms with van der Waals surface area (Å²) in [4.78, 5) is 48.8. The van der Waals surface area contributed by atoms with Crippen LogP contribution in [0, 0.1) is 10.1 Å². The second-order valence-corrected chi connectivity index (χ2v) is 7.78. The Morgan fingerprint density at radius 3 is 2.31 bits per heavy atom. The highest BCUT2D eigenvalue weighted by Gasteiger charge is 2.41. The average Bonchev–Trinajstić information content (AvgIpc) is 2.87. The molecule has 0 spiro atoms. The zero-order valence-corrected chi connectivity index (χ0v) is 16.5. The molecule has 150 valence electrons. The molecule has 0 fully saturated rings. The highest BCUT2D eigenvalue weighted by Crippen LogP contribution is 2.31. The average molecular weight is 417 g/mol. The van der Waals surface area contributed by atoms with Gasteiger partial charge in [0, 0.05) is 23.4 Å². The van der Waals surface area contributed by atoms with Crippen molar-refractivity contribution in [2.45, 2.75) is 26.3 Å². The van der Waals surface area contributed by atoms with Gasteiger partial charge in [0.05, 0.1) is 26.8 Å². The highest BCUT2D eigenvalue weighted by atomic mass is 35.5. The first-order valence-corrected chi connectivity index (χ1v) is 8.91. The van der Waals surface area contributed by atoms with Gasteiger partial charge in [-0.25, -0.2) is 4.79 Å². The van der Waals surface area contributed by atoms with Crippen molar-refractivity contribution < 1.29 is 19.3 Å². The molecule has 2 aromatic carbocycles. The van der Waals surface area contributed by atoms with Crippen molar-refractivity contribution >= 4 is 46.5 Å². The highest BCUT2D eigenvalue weighted by molar-refractivity contribution is 6.34. The third-order valence-electron chi connectivity index (χ3n) is 4.22. The molecule has 0 saturated heterocycles. The van der Waals surface area contributed by atoms with Crippen LogP contribution >= 0.6 is 11.6 Å². The summed E-state index contributed by atoms with van der Waals surface area (Å²) in [5.74, 6) is -0.833. The van der Waals surface area contributed by atoms with Crippen molar-refractivity contribution in [1.29, 1.82) is 0 Å². The number of carbonyl (C=O) groups excluding carboxylic acids is 3. The zero-order valence-electron chi connectivity index (χ0n) is 15.8. The number of benzene rings is 2. The molecule has 10 heteroatoms. The van der Waals surface area contributed by atoms with Gasteiger partial charge in [-0.05, 0) is 45.0 Å². The second kappa shape index (κ2) is 7.17. The molecule has 4 amide bonds. The molecule has 0 atom stereocenters. The van der Waals surface area contributed by atoms with Crippen LogP contribution in [-0.2, 0) is 0 Å². The van der Waals surface area contributed by atoms with E-state index in [0.717, 1.165) is 6.07 Å². The number of nitrogens with one attached hydrogen (secondary N) is 2. The summed E-state index contributed by atoms with van der Waals surface area (Å²) in [5.41, 5.74) is -0.122. The molecule has 1 heterocycles. The second-order valence-electron chi connectivity index (χ2n) is 7.38. The van der Waals surface area contributed by atoms with E-state index in [1.165, 1.54) is 35.2 Å². The molecule has 3 rings (SSSR count). The zero-order chi connectivity index (χ0) is 21.5. The predicted octanol–water partition coefficient (Wildman–Crippen LogP) is 4.29. The molecule has 0 aromatic heterocycles. The van der Waals surface area contributed by atoms with E-state index in [2.05, 4.69) is 10.6 Å². The maximum absolute atomic E-state index is 12.6. The summed E-state index contributed by atoms with van der Waals surface area (Å²) < 4.78 is 0. The summed E-state index contributed by atoms with van der Waals surface area (Å²) in [5, 5.41) is 16.0. The van der Waals surface area contributed by atoms with Crippen LogP contribution < -0.4 is 10.6 Å². The molecular formula is C19H17ClN4O5. The van der Waals surface area contributed by atoms with Gasteiger partial charge in [0.15, 0.2) is 0 Å². The van der Waals surface area contributed by atoms with Gasteiger partial charge in [0.25, 0.3) is 17.5 Å². The van der Waals surface area contributed by atoms with Crippen LogP contribution in [0.3, 0.4) is 0 Å². The van der Waals surface area contributed by atoms with E-state index in [1.54, 1.807) is 20.8 Å². The SMILES string of the molecule is CC(C)(C)N1C(=O)c2ccc(NC(=O)Nc3cc([N+](=O)[O-])ccc3Cl)cc2C1=O. The van der Waals surface area contributed by atoms with Crippen LogP contribution in [0.15, 0.2) is 36.4 Å². The number of hydrogen-bond donors (Lipinski definition) is 2. The monoisotopic (exact) mass is 416 g/mol. The normalized spacial score (nSPS) is 13.3. The number of amides is 4. The number of rotatable bonds is 3. The van der Waals surface area contributed by atoms with Crippen LogP contribution in [-0.4, -0.2) is 33.2 Å². The number of anilines is 2. The summed E-state index contributed by atoms with van der Waals surface area (Å²) in [6, 6.07) is 7.31. The van der Waals surface area contributed by atoms with Crippen LogP contribution in [0.4, 0.5) is 21.9 Å². The topological polar surface area (TPSA) is 122 Å². The minimum Gasteiger partial charge on any atom is -0.308 e. The maximum Gasteiger partial charge on any atom is 0.323 e. The lowest BCUT2D eigenvalue weighted by Crippen LogP contribution is -2.45. The molecule has 0 unspecified atom stereocenters. The van der Waals surface area contributed by atoms with Gasteiger partial charge in [0.2, 0.25) is 0 Å². The first-order valence-electron chi connectivity index (χ1n) is 8.54. The van der Waals surface area contributed by atoms with Crippen molar-refractivity contribution in [3.63, 3.8) is 0 Å². The number of nitro benzene ring substituents is 1. The van der Waals surface area contributed by atoms with Crippen LogP contribution in [0.1, 0.15) is 41.5 Å². The Labute approximate surface area is 170 Å². The number of imide groups is 1. The standard InChI is InChI=1S/C19H17ClN4O5/c1-19(2,3)23-16(25)12-6-4-10(8-13(12)17(23)26)21-18(27)22-15-9-11(24(28)29)5-7-14(15)20/h4-9H,1-3H3,(H2,21,22,27). The summed E-state index contributed by atoms with van der Waals surface area (Å²) in [6.45, 7) is 5.26. The van der Waals surface area contributed by atoms with Gasteiger partial charge in [0.1, 0.15) is 0 Å². The maximum atomic E-state index is 12.6. The summed E-state index contributed by atoms with van der Waals surface area (Å²) >= 11 is 5.97. The van der Waals surface area contributed by atoms with Crippen molar-refractivity contribution in [2.75, 3.05) is 10.6 Å². The number of hydrogen-bond acceptors (Lipinski definition) is 5. The molecule has 1 aliphatic rings. The quantitative estimate of drug-likeness (QED) is 0.439. The molecule has 2 N–H and O–H groups in total. The lowest BCUT2D eigenvalue weighted by molar-refractivity contribution is -0.384. The lowest BCUT2D eigenvalue weighted by Gasteiger charge is -2.29. The third-order valence-corrected chi connectivity index (χ3v) is 4.55. The number of fused-ring (bicyclic) bond motifs is 1. The van der Waals surface area contributed by atoms with Gasteiger partial charge in [-0.2, -0.15) is 0 Å². The van der Waals surface area contributed by atoms with Crippen LogP contribution in [0.25, 0.3) is 0 Å². The number of urea groups is 1. The molecule has 0 saturated carbocycles. The summed E-state index contributed by atoms with van der Waals surface area (Å²) in [6.07, 6.45) is 0. The smallest absolute Gasteiger partial charge is 0.308 e. The Morgan fingerprint density at radius 1 is 1.03 bits per heavy atom. The molecule has 1 aliphatic heterocycles. The van der Waals surface area contributed by atoms with Gasteiger partial charge in [-0.1, -0.05) is 11.6 Å². The van der Waals surface area contributed by atoms with Crippen molar-refractivity contribution in [3.05, 3.63) is 62.7 Å². The van der Waals surface area contributed by atoms with Gasteiger partial charge >= 0.3 is 6.03 Å². The van der Waals surface area contributed by atoms with E-state index in [9.17, 15) is 24.5 Å². The third kappa shape index (κ3) is 3.90. The van der Waals surface area contributed by atoms with Crippen molar-refractivity contribution in [3.8, 4) is 0 Å². The van der Waals surface area contributed by atoms with E-state index >= 15 is 0 Å². The fourth-order valence-electron chi connectivity index (χ4n) is 2.94. The van der Waals surface area contributed by atoms with Gasteiger partial charge in [-0.3, -0.25) is 24.6 Å². The number of non-ortho nitro benzene ring substituents is 1. The van der Waals surface area contributed by atoms with E-state index in [4.69, 9.17) is 11.6 Å². The molecule has 2 aromatic rings. The molecule has 0 aliphatic carbocycles. The van der Waals surface area contributed by atoms with E-state index in [0.29, 0.717) is 0 Å². The Kier molecular flexibility index (Phi) is 5.02. The minimum absolute atomic E-state index is 0.0599. The van der Waals surface area contributed by atoms with E-state index < -0.39 is 28.3 Å². The largest absolute Gasteiger partial charge is 0.323 e. The number of nitrogens with zero attached hydrogens (tertiary/aromatic N) is 2. The number of nitro groups is 1. The Balaban J connectivity index is 1.80. The molecule has 0 bridgehead atoms. The molecule has 29 heavy (non-hydrogen) atoms. The van der Waals surface area contributed by atoms with Crippen LogP contribution in [0.5, 0.6) is 0 Å². The fraction of sp³-hybridized carbons (Fsp3) is 0.211. The van der Waals surface area contributed by atoms with Gasteiger partial charge < -0.3 is 10.6 Å². The van der Waals surface area contributed by atoms with Crippen molar-refractivity contribution in [1.82, 2.24) is 4.90 Å². The number of carbonyl (C=O) groups is 3. The predicted molar refractivity (Wildman–Crippen MR) is 107 cm³/mol. The van der Waals surface area contributed by atoms with Crippen molar-refractivity contribution in [2.24, 2.45) is 0 Å². The minimum atomic E-state index is -0.711. The molecule has 9 nitrogen and oxygen atoms in total. The molecule has 0 radical (unpaired) electrons. The number of halogens is 1. The lowest BCUT2D eigenvalue weighted by atomic mass is 10.1. The summed E-state index contributed by atoms with van der Waals surface area (Å²) in [7, 11) is 0. The first kappa shape index (κ1) is 20.3. The molecular weight excluding hydrogens is 400 g/mol. The Bertz CT molecular complexity index is 1060. The van der Waals surface area contributed by atoms with E-state index in [-0.39, 0.29) is 33.2 Å². The van der Waals surface area contributed by atoms with Crippen LogP contribution in [0.2, 0.25) is 5.02 Å².